The maximum Gasteiger partial charge on any atom is 0.305 e. The van der Waals surface area contributed by atoms with Gasteiger partial charge in [0, 0.05) is 23.4 Å². The molecule has 2 rings (SSSR count). The number of anilines is 1. The summed E-state index contributed by atoms with van der Waals surface area (Å²) in [7, 11) is 0. The number of aliphatic carboxylic acids is 1. The molecule has 0 unspecified atom stereocenters. The van der Waals surface area contributed by atoms with Gasteiger partial charge in [-0.05, 0) is 49.4 Å². The molecule has 2 amide bonds. The van der Waals surface area contributed by atoms with E-state index in [4.69, 9.17) is 9.84 Å². The Morgan fingerprint density at radius 2 is 1.73 bits per heavy atom. The number of benzene rings is 2. The summed E-state index contributed by atoms with van der Waals surface area (Å²) < 4.78 is 5.37. The minimum absolute atomic E-state index is 0.0584. The molecule has 0 bridgehead atoms. The lowest BCUT2D eigenvalue weighted by atomic mass is 10.1. The largest absolute Gasteiger partial charge is 0.494 e. The number of hydrogen-bond donors (Lipinski definition) is 3. The van der Waals surface area contributed by atoms with Gasteiger partial charge in [-0.15, -0.1) is 0 Å². The summed E-state index contributed by atoms with van der Waals surface area (Å²) in [4.78, 5) is 34.6. The van der Waals surface area contributed by atoms with Gasteiger partial charge in [0.25, 0.3) is 11.8 Å². The number of rotatable bonds is 8. The average molecular weight is 356 g/mol. The number of carboxylic acids is 1. The second-order valence-electron chi connectivity index (χ2n) is 5.39. The van der Waals surface area contributed by atoms with E-state index in [0.717, 1.165) is 0 Å². The second-order valence-corrected chi connectivity index (χ2v) is 5.39. The second kappa shape index (κ2) is 9.22. The molecule has 0 saturated heterocycles. The van der Waals surface area contributed by atoms with Crippen LogP contribution in [0.5, 0.6) is 5.75 Å². The fourth-order valence-corrected chi connectivity index (χ4v) is 2.19. The molecule has 0 aromatic heterocycles. The fourth-order valence-electron chi connectivity index (χ4n) is 2.19. The Morgan fingerprint density at radius 1 is 1.00 bits per heavy atom. The van der Waals surface area contributed by atoms with E-state index < -0.39 is 5.97 Å². The lowest BCUT2D eigenvalue weighted by Crippen LogP contribution is -2.25. The van der Waals surface area contributed by atoms with Crippen molar-refractivity contribution in [3.8, 4) is 5.75 Å². The van der Waals surface area contributed by atoms with E-state index >= 15 is 0 Å². The lowest BCUT2D eigenvalue weighted by molar-refractivity contribution is -0.136. The van der Waals surface area contributed by atoms with Gasteiger partial charge in [-0.1, -0.05) is 6.07 Å². The minimum Gasteiger partial charge on any atom is -0.494 e. The Hall–Kier alpha value is -3.35. The van der Waals surface area contributed by atoms with E-state index in [0.29, 0.717) is 29.2 Å². The van der Waals surface area contributed by atoms with Crippen LogP contribution >= 0.6 is 0 Å². The summed E-state index contributed by atoms with van der Waals surface area (Å²) in [5.74, 6) is -1.01. The summed E-state index contributed by atoms with van der Waals surface area (Å²) in [6, 6.07) is 13.2. The summed E-state index contributed by atoms with van der Waals surface area (Å²) in [5.41, 5.74) is 1.39. The first-order valence-corrected chi connectivity index (χ1v) is 8.14. The van der Waals surface area contributed by atoms with E-state index in [9.17, 15) is 14.4 Å². The highest BCUT2D eigenvalue weighted by molar-refractivity contribution is 6.04. The molecule has 0 spiro atoms. The molecule has 7 heteroatoms. The van der Waals surface area contributed by atoms with Crippen LogP contribution in [0, 0.1) is 0 Å². The van der Waals surface area contributed by atoms with Crippen molar-refractivity contribution in [3.05, 3.63) is 59.7 Å². The zero-order valence-electron chi connectivity index (χ0n) is 14.3. The highest BCUT2D eigenvalue weighted by Gasteiger charge is 2.09. The third-order valence-corrected chi connectivity index (χ3v) is 3.44. The smallest absolute Gasteiger partial charge is 0.305 e. The molecule has 26 heavy (non-hydrogen) atoms. The maximum atomic E-state index is 12.3. The normalized spacial score (nSPS) is 10.0. The molecule has 3 N–H and O–H groups in total. The summed E-state index contributed by atoms with van der Waals surface area (Å²) in [5, 5.41) is 13.8. The van der Waals surface area contributed by atoms with E-state index in [-0.39, 0.29) is 24.8 Å². The Bertz CT molecular complexity index is 787. The quantitative estimate of drug-likeness (QED) is 0.674. The van der Waals surface area contributed by atoms with Crippen LogP contribution in [0.4, 0.5) is 5.69 Å². The standard InChI is InChI=1S/C19H20N2O5/c1-2-26-16-5-3-4-14(12-16)19(25)21-15-8-6-13(7-9-15)18(24)20-11-10-17(22)23/h3-9,12H,2,10-11H2,1H3,(H,20,24)(H,21,25)(H,22,23). The van der Waals surface area contributed by atoms with Gasteiger partial charge in [0.15, 0.2) is 0 Å². The van der Waals surface area contributed by atoms with Crippen molar-refractivity contribution in [1.29, 1.82) is 0 Å². The third-order valence-electron chi connectivity index (χ3n) is 3.44. The number of ether oxygens (including phenoxy) is 1. The first kappa shape index (κ1) is 19.0. The van der Waals surface area contributed by atoms with Crippen molar-refractivity contribution in [2.75, 3.05) is 18.5 Å². The highest BCUT2D eigenvalue weighted by Crippen LogP contribution is 2.16. The van der Waals surface area contributed by atoms with Crippen molar-refractivity contribution in [1.82, 2.24) is 5.32 Å². The van der Waals surface area contributed by atoms with Crippen LogP contribution in [0.3, 0.4) is 0 Å². The van der Waals surface area contributed by atoms with E-state index in [2.05, 4.69) is 10.6 Å². The van der Waals surface area contributed by atoms with Crippen LogP contribution < -0.4 is 15.4 Å². The number of carbonyl (C=O) groups is 3. The molecule has 2 aromatic rings. The molecule has 2 aromatic carbocycles. The van der Waals surface area contributed by atoms with Gasteiger partial charge in [-0.3, -0.25) is 14.4 Å². The van der Waals surface area contributed by atoms with Gasteiger partial charge >= 0.3 is 5.97 Å². The molecule has 0 heterocycles. The van der Waals surface area contributed by atoms with Crippen molar-refractivity contribution < 1.29 is 24.2 Å². The highest BCUT2D eigenvalue weighted by atomic mass is 16.5. The van der Waals surface area contributed by atoms with Crippen molar-refractivity contribution in [3.63, 3.8) is 0 Å². The van der Waals surface area contributed by atoms with E-state index in [1.807, 2.05) is 6.92 Å². The molecule has 0 fully saturated rings. The Labute approximate surface area is 151 Å². The lowest BCUT2D eigenvalue weighted by Gasteiger charge is -2.08. The minimum atomic E-state index is -0.975. The molecule has 0 saturated carbocycles. The first-order valence-electron chi connectivity index (χ1n) is 8.14. The SMILES string of the molecule is CCOc1cccc(C(=O)Nc2ccc(C(=O)NCCC(=O)O)cc2)c1. The van der Waals surface area contributed by atoms with E-state index in [1.165, 1.54) is 0 Å². The van der Waals surface area contributed by atoms with E-state index in [1.54, 1.807) is 48.5 Å². The Morgan fingerprint density at radius 3 is 2.38 bits per heavy atom. The van der Waals surface area contributed by atoms with Gasteiger partial charge in [0.05, 0.1) is 13.0 Å². The predicted octanol–water partition coefficient (Wildman–Crippen LogP) is 2.54. The van der Waals surface area contributed by atoms with Crippen LogP contribution in [0.15, 0.2) is 48.5 Å². The van der Waals surface area contributed by atoms with Crippen LogP contribution in [0.1, 0.15) is 34.1 Å². The summed E-state index contributed by atoms with van der Waals surface area (Å²) in [6.45, 7) is 2.44. The number of carboxylic acid groups (broad SMARTS) is 1. The van der Waals surface area contributed by atoms with Crippen LogP contribution in [0.25, 0.3) is 0 Å². The molecule has 0 aliphatic rings. The van der Waals surface area contributed by atoms with Crippen LogP contribution in [-0.2, 0) is 4.79 Å². The Kier molecular flexibility index (Phi) is 6.73. The average Bonchev–Trinajstić information content (AvgIpc) is 2.62. The molecule has 7 nitrogen and oxygen atoms in total. The summed E-state index contributed by atoms with van der Waals surface area (Å²) >= 11 is 0. The zero-order valence-corrected chi connectivity index (χ0v) is 14.3. The van der Waals surface area contributed by atoms with Gasteiger partial charge in [-0.2, -0.15) is 0 Å². The monoisotopic (exact) mass is 356 g/mol. The van der Waals surface area contributed by atoms with Crippen LogP contribution in [0.2, 0.25) is 0 Å². The maximum absolute atomic E-state index is 12.3. The Balaban J connectivity index is 1.96. The summed E-state index contributed by atoms with van der Waals surface area (Å²) in [6.07, 6.45) is -0.138. The fraction of sp³-hybridized carbons (Fsp3) is 0.211. The van der Waals surface area contributed by atoms with Gasteiger partial charge in [0.2, 0.25) is 0 Å². The van der Waals surface area contributed by atoms with Gasteiger partial charge < -0.3 is 20.5 Å². The van der Waals surface area contributed by atoms with Crippen molar-refractivity contribution in [2.45, 2.75) is 13.3 Å². The predicted molar refractivity (Wildman–Crippen MR) is 96.6 cm³/mol. The molecule has 0 aliphatic carbocycles. The van der Waals surface area contributed by atoms with Gasteiger partial charge in [0.1, 0.15) is 5.75 Å². The molecule has 0 aliphatic heterocycles. The van der Waals surface area contributed by atoms with Crippen molar-refractivity contribution >= 4 is 23.5 Å². The number of hydrogen-bond acceptors (Lipinski definition) is 4. The number of nitrogens with one attached hydrogen (secondary N) is 2. The molecule has 0 radical (unpaired) electrons. The molecule has 136 valence electrons. The topological polar surface area (TPSA) is 105 Å². The first-order chi connectivity index (χ1) is 12.5. The van der Waals surface area contributed by atoms with Gasteiger partial charge in [-0.25, -0.2) is 0 Å². The molecule has 0 atom stereocenters. The third kappa shape index (κ3) is 5.62. The zero-order chi connectivity index (χ0) is 18.9. The number of carbonyl (C=O) groups excluding carboxylic acids is 2. The molecular weight excluding hydrogens is 336 g/mol. The van der Waals surface area contributed by atoms with Crippen LogP contribution in [-0.4, -0.2) is 36.0 Å². The number of amides is 2. The van der Waals surface area contributed by atoms with Crippen molar-refractivity contribution in [2.24, 2.45) is 0 Å². The molecular formula is C19H20N2O5.